The summed E-state index contributed by atoms with van der Waals surface area (Å²) < 4.78 is 47.0. The van der Waals surface area contributed by atoms with Crippen LogP contribution in [0.1, 0.15) is 66.5 Å². The molecule has 0 bridgehead atoms. The Labute approximate surface area is 381 Å². The molecule has 7 nitrogen and oxygen atoms in total. The molecule has 0 unspecified atom stereocenters. The van der Waals surface area contributed by atoms with Crippen LogP contribution in [0.25, 0.3) is 0 Å². The number of benzene rings is 6. The number of epoxide rings is 1. The molecular formula is C57H66O7. The van der Waals surface area contributed by atoms with E-state index in [-0.39, 0.29) is 48.5 Å². The molecule has 1 fully saturated rings. The zero-order valence-electron chi connectivity index (χ0n) is 37.6. The summed E-state index contributed by atoms with van der Waals surface area (Å²) in [6.07, 6.45) is 1.15. The molecule has 0 saturated carbocycles. The van der Waals surface area contributed by atoms with Gasteiger partial charge in [0.2, 0.25) is 0 Å². The standard InChI is InChI=1S/C57H66O7/c1-44(57(64-41-51-31-19-8-20-32-51)45(2)56(35-54-43-61-54)63-40-50-29-17-7-18-30-50)55(62-39-49-27-15-6-16-28-49)34-52(59-37-47-23-11-4-12-24-47)33-53(60-38-48-25-13-5-14-26-48)42-58-36-46-21-9-3-10-22-46/h3-32,44-45,52-57H,33-43H2,1-2H3/t44-,45-,52-,53-,54+,55+,56-,57-/m0/s1. The third-order valence-corrected chi connectivity index (χ3v) is 12.1. The van der Waals surface area contributed by atoms with Gasteiger partial charge in [-0.2, -0.15) is 0 Å². The van der Waals surface area contributed by atoms with Crippen molar-refractivity contribution in [3.8, 4) is 0 Å². The summed E-state index contributed by atoms with van der Waals surface area (Å²) in [6.45, 7) is 8.61. The summed E-state index contributed by atoms with van der Waals surface area (Å²) in [5.41, 5.74) is 6.74. The van der Waals surface area contributed by atoms with Gasteiger partial charge in [-0.1, -0.05) is 196 Å². The van der Waals surface area contributed by atoms with Gasteiger partial charge in [0.1, 0.15) is 0 Å². The van der Waals surface area contributed by atoms with Crippen molar-refractivity contribution in [1.29, 1.82) is 0 Å². The molecule has 1 aliphatic rings. The second-order valence-electron chi connectivity index (χ2n) is 17.1. The third-order valence-electron chi connectivity index (χ3n) is 12.1. The lowest BCUT2D eigenvalue weighted by Gasteiger charge is -2.39. The molecule has 0 aliphatic carbocycles. The zero-order chi connectivity index (χ0) is 44.0. The number of rotatable bonds is 29. The van der Waals surface area contributed by atoms with Gasteiger partial charge in [-0.3, -0.25) is 0 Å². The molecule has 0 aromatic heterocycles. The Bertz CT molecular complexity index is 2100. The van der Waals surface area contributed by atoms with E-state index in [4.69, 9.17) is 33.2 Å². The Morgan fingerprint density at radius 3 is 1.17 bits per heavy atom. The van der Waals surface area contributed by atoms with E-state index in [0.29, 0.717) is 59.1 Å². The van der Waals surface area contributed by atoms with Crippen molar-refractivity contribution in [3.05, 3.63) is 215 Å². The van der Waals surface area contributed by atoms with Gasteiger partial charge in [-0.05, 0) is 33.4 Å². The summed E-state index contributed by atoms with van der Waals surface area (Å²) in [6, 6.07) is 62.3. The molecule has 6 aromatic carbocycles. The molecule has 0 amide bonds. The second kappa shape index (κ2) is 26.1. The first-order valence-electron chi connectivity index (χ1n) is 23.1. The number of hydrogen-bond donors (Lipinski definition) is 0. The van der Waals surface area contributed by atoms with Crippen molar-refractivity contribution in [3.63, 3.8) is 0 Å². The summed E-state index contributed by atoms with van der Waals surface area (Å²) in [7, 11) is 0. The monoisotopic (exact) mass is 862 g/mol. The minimum absolute atomic E-state index is 0.00600. The fourth-order valence-electron chi connectivity index (χ4n) is 8.29. The van der Waals surface area contributed by atoms with Gasteiger partial charge < -0.3 is 33.2 Å². The lowest BCUT2D eigenvalue weighted by atomic mass is 9.82. The number of hydrogen-bond acceptors (Lipinski definition) is 7. The summed E-state index contributed by atoms with van der Waals surface area (Å²) >= 11 is 0. The van der Waals surface area contributed by atoms with Crippen LogP contribution in [0.3, 0.4) is 0 Å². The van der Waals surface area contributed by atoms with Crippen molar-refractivity contribution >= 4 is 0 Å². The molecule has 7 rings (SSSR count). The SMILES string of the molecule is C[C@H]([C@@H](OCc1ccccc1)[C@@H](C)[C@@H](C[C@H](C[C@@H](COCc1ccccc1)OCc1ccccc1)OCc1ccccc1)OCc1ccccc1)[C@H](C[C@@H]1CO1)OCc1ccccc1. The van der Waals surface area contributed by atoms with Gasteiger partial charge in [0.25, 0.3) is 0 Å². The summed E-state index contributed by atoms with van der Waals surface area (Å²) in [5, 5.41) is 0. The fourth-order valence-corrected chi connectivity index (χ4v) is 8.29. The fraction of sp³-hybridized carbons (Fsp3) is 0.368. The van der Waals surface area contributed by atoms with Crippen molar-refractivity contribution in [2.24, 2.45) is 11.8 Å². The molecule has 0 spiro atoms. The molecule has 1 heterocycles. The Balaban J connectivity index is 1.17. The van der Waals surface area contributed by atoms with Crippen LogP contribution in [-0.4, -0.2) is 49.8 Å². The molecule has 1 saturated heterocycles. The smallest absolute Gasteiger partial charge is 0.0837 e. The Morgan fingerprint density at radius 2 is 0.750 bits per heavy atom. The predicted octanol–water partition coefficient (Wildman–Crippen LogP) is 12.0. The van der Waals surface area contributed by atoms with Crippen LogP contribution in [0.4, 0.5) is 0 Å². The first-order valence-corrected chi connectivity index (χ1v) is 23.1. The molecule has 1 aliphatic heterocycles. The molecule has 7 heteroatoms. The third kappa shape index (κ3) is 16.2. The van der Waals surface area contributed by atoms with E-state index in [2.05, 4.69) is 135 Å². The Hall–Kier alpha value is -4.96. The van der Waals surface area contributed by atoms with E-state index in [1.807, 2.05) is 60.7 Å². The average Bonchev–Trinajstić information content (AvgIpc) is 4.18. The lowest BCUT2D eigenvalue weighted by Crippen LogP contribution is -2.44. The maximum atomic E-state index is 7.11. The summed E-state index contributed by atoms with van der Waals surface area (Å²) in [5.74, 6) is -0.0577. The highest BCUT2D eigenvalue weighted by Gasteiger charge is 2.40. The zero-order valence-corrected chi connectivity index (χ0v) is 37.6. The molecule has 336 valence electrons. The van der Waals surface area contributed by atoms with Crippen LogP contribution >= 0.6 is 0 Å². The van der Waals surface area contributed by atoms with Crippen LogP contribution < -0.4 is 0 Å². The Kier molecular flexibility index (Phi) is 19.2. The van der Waals surface area contributed by atoms with E-state index in [1.54, 1.807) is 0 Å². The molecule has 8 atom stereocenters. The van der Waals surface area contributed by atoms with Gasteiger partial charge in [-0.25, -0.2) is 0 Å². The van der Waals surface area contributed by atoms with Gasteiger partial charge in [-0.15, -0.1) is 0 Å². The molecule has 6 aromatic rings. The largest absolute Gasteiger partial charge is 0.374 e. The quantitative estimate of drug-likeness (QED) is 0.0435. The minimum atomic E-state index is -0.254. The van der Waals surface area contributed by atoms with Gasteiger partial charge in [0, 0.05) is 31.1 Å². The summed E-state index contributed by atoms with van der Waals surface area (Å²) in [4.78, 5) is 0. The highest BCUT2D eigenvalue weighted by Crippen LogP contribution is 2.34. The second-order valence-corrected chi connectivity index (χ2v) is 17.1. The maximum Gasteiger partial charge on any atom is 0.0837 e. The van der Waals surface area contributed by atoms with Crippen LogP contribution in [0.2, 0.25) is 0 Å². The maximum absolute atomic E-state index is 7.11. The van der Waals surface area contributed by atoms with Crippen molar-refractivity contribution in [1.82, 2.24) is 0 Å². The van der Waals surface area contributed by atoms with Gasteiger partial charge in [0.05, 0.1) is 89.5 Å². The van der Waals surface area contributed by atoms with Gasteiger partial charge in [0.15, 0.2) is 0 Å². The topological polar surface area (TPSA) is 67.9 Å². The normalized spacial score (nSPS) is 16.9. The average molecular weight is 863 g/mol. The van der Waals surface area contributed by atoms with E-state index >= 15 is 0 Å². The molecular weight excluding hydrogens is 797 g/mol. The van der Waals surface area contributed by atoms with Crippen LogP contribution in [0.15, 0.2) is 182 Å². The van der Waals surface area contributed by atoms with E-state index in [1.165, 1.54) is 0 Å². The van der Waals surface area contributed by atoms with Crippen LogP contribution in [-0.2, 0) is 72.8 Å². The highest BCUT2D eigenvalue weighted by molar-refractivity contribution is 5.17. The molecule has 0 N–H and O–H groups in total. The van der Waals surface area contributed by atoms with Crippen LogP contribution in [0.5, 0.6) is 0 Å². The first-order chi connectivity index (χ1) is 31.6. The highest BCUT2D eigenvalue weighted by atomic mass is 16.6. The molecule has 0 radical (unpaired) electrons. The van der Waals surface area contributed by atoms with Crippen molar-refractivity contribution in [2.75, 3.05) is 13.2 Å². The van der Waals surface area contributed by atoms with Gasteiger partial charge >= 0.3 is 0 Å². The van der Waals surface area contributed by atoms with Crippen LogP contribution in [0, 0.1) is 11.8 Å². The van der Waals surface area contributed by atoms with E-state index in [9.17, 15) is 0 Å². The molecule has 64 heavy (non-hydrogen) atoms. The Morgan fingerprint density at radius 1 is 0.406 bits per heavy atom. The van der Waals surface area contributed by atoms with E-state index < -0.39 is 0 Å². The van der Waals surface area contributed by atoms with Crippen molar-refractivity contribution < 1.29 is 33.2 Å². The lowest BCUT2D eigenvalue weighted by molar-refractivity contribution is -0.136. The van der Waals surface area contributed by atoms with E-state index in [0.717, 1.165) is 46.4 Å². The predicted molar refractivity (Wildman–Crippen MR) is 253 cm³/mol. The first kappa shape index (κ1) is 47.0. The van der Waals surface area contributed by atoms with Crippen molar-refractivity contribution in [2.45, 2.75) is 109 Å². The number of ether oxygens (including phenoxy) is 7. The minimum Gasteiger partial charge on any atom is -0.374 e.